The van der Waals surface area contributed by atoms with Crippen LogP contribution in [0.3, 0.4) is 0 Å². The maximum Gasteiger partial charge on any atom is 0.241 e. The summed E-state index contributed by atoms with van der Waals surface area (Å²) in [5.41, 5.74) is 8.65. The van der Waals surface area contributed by atoms with Crippen molar-refractivity contribution in [3.05, 3.63) is 16.0 Å². The van der Waals surface area contributed by atoms with Gasteiger partial charge in [0, 0.05) is 4.88 Å². The number of hydrogen-bond donors (Lipinski definition) is 2. The second kappa shape index (κ2) is 6.06. The molecule has 1 aromatic heterocycles. The Labute approximate surface area is 119 Å². The second-order valence-electron chi connectivity index (χ2n) is 5.89. The fourth-order valence-electron chi connectivity index (χ4n) is 2.66. The summed E-state index contributed by atoms with van der Waals surface area (Å²) < 4.78 is 0. The molecule has 4 heteroatoms. The van der Waals surface area contributed by atoms with E-state index in [1.54, 1.807) is 11.3 Å². The lowest BCUT2D eigenvalue weighted by Crippen LogP contribution is -2.36. The molecule has 0 radical (unpaired) electrons. The van der Waals surface area contributed by atoms with Crippen LogP contribution in [0.5, 0.6) is 0 Å². The Kier molecular flexibility index (Phi) is 4.63. The molecule has 1 aliphatic carbocycles. The van der Waals surface area contributed by atoms with Crippen LogP contribution in [0.2, 0.25) is 0 Å². The van der Waals surface area contributed by atoms with E-state index in [1.807, 2.05) is 0 Å². The minimum atomic E-state index is -0.404. The molecular formula is C15H24N2OS. The Morgan fingerprint density at radius 3 is 2.68 bits per heavy atom. The zero-order valence-corrected chi connectivity index (χ0v) is 12.9. The Hall–Kier alpha value is -0.870. The van der Waals surface area contributed by atoms with Crippen LogP contribution in [-0.2, 0) is 17.6 Å². The molecule has 1 amide bonds. The number of thiophene rings is 1. The van der Waals surface area contributed by atoms with Crippen LogP contribution >= 0.6 is 11.3 Å². The summed E-state index contributed by atoms with van der Waals surface area (Å²) in [6.45, 7) is 6.29. The van der Waals surface area contributed by atoms with E-state index in [2.05, 4.69) is 26.1 Å². The molecule has 2 rings (SSSR count). The van der Waals surface area contributed by atoms with Gasteiger partial charge in [-0.15, -0.1) is 11.3 Å². The van der Waals surface area contributed by atoms with Gasteiger partial charge >= 0.3 is 0 Å². The van der Waals surface area contributed by atoms with Gasteiger partial charge in [0.25, 0.3) is 0 Å². The highest BCUT2D eigenvalue weighted by Gasteiger charge is 2.21. The van der Waals surface area contributed by atoms with Crippen molar-refractivity contribution < 1.29 is 4.79 Å². The first-order valence-corrected chi connectivity index (χ1v) is 7.98. The Morgan fingerprint density at radius 2 is 2.05 bits per heavy atom. The number of anilines is 1. The van der Waals surface area contributed by atoms with Gasteiger partial charge in [0.15, 0.2) is 0 Å². The molecule has 0 saturated carbocycles. The fraction of sp³-hybridized carbons (Fsp3) is 0.667. The molecule has 3 nitrogen and oxygen atoms in total. The number of aryl methyl sites for hydroxylation is 1. The van der Waals surface area contributed by atoms with E-state index >= 15 is 0 Å². The number of fused-ring (bicyclic) bond motifs is 1. The number of carbonyl (C=O) groups excluding carboxylic acids is 1. The third kappa shape index (κ3) is 3.37. The van der Waals surface area contributed by atoms with Gasteiger partial charge in [-0.3, -0.25) is 4.79 Å². The maximum absolute atomic E-state index is 12.1. The van der Waals surface area contributed by atoms with Gasteiger partial charge in [0.2, 0.25) is 5.91 Å². The lowest BCUT2D eigenvalue weighted by molar-refractivity contribution is -0.117. The zero-order valence-electron chi connectivity index (χ0n) is 12.1. The molecule has 0 fully saturated rings. The summed E-state index contributed by atoms with van der Waals surface area (Å²) in [7, 11) is 0. The smallest absolute Gasteiger partial charge is 0.241 e. The topological polar surface area (TPSA) is 55.1 Å². The van der Waals surface area contributed by atoms with Crippen LogP contribution in [0, 0.1) is 12.8 Å². The average Bonchev–Trinajstić information content (AvgIpc) is 2.66. The summed E-state index contributed by atoms with van der Waals surface area (Å²) in [5.74, 6) is 0.397. The fourth-order valence-corrected chi connectivity index (χ4v) is 3.96. The molecule has 3 N–H and O–H groups in total. The van der Waals surface area contributed by atoms with E-state index in [0.29, 0.717) is 5.92 Å². The summed E-state index contributed by atoms with van der Waals surface area (Å²) in [6.07, 6.45) is 5.59. The van der Waals surface area contributed by atoms with E-state index in [4.69, 9.17) is 5.73 Å². The minimum absolute atomic E-state index is 0.0459. The van der Waals surface area contributed by atoms with E-state index in [-0.39, 0.29) is 5.91 Å². The molecule has 1 heterocycles. The molecule has 1 aromatic rings. The quantitative estimate of drug-likeness (QED) is 0.889. The van der Waals surface area contributed by atoms with Gasteiger partial charge in [-0.1, -0.05) is 13.8 Å². The monoisotopic (exact) mass is 280 g/mol. The van der Waals surface area contributed by atoms with Crippen molar-refractivity contribution in [3.8, 4) is 0 Å². The van der Waals surface area contributed by atoms with Crippen LogP contribution in [-0.4, -0.2) is 11.9 Å². The second-order valence-corrected chi connectivity index (χ2v) is 7.00. The van der Waals surface area contributed by atoms with Gasteiger partial charge in [0.1, 0.15) is 0 Å². The normalized spacial score (nSPS) is 16.3. The molecule has 19 heavy (non-hydrogen) atoms. The van der Waals surface area contributed by atoms with Crippen molar-refractivity contribution in [1.82, 2.24) is 0 Å². The van der Waals surface area contributed by atoms with E-state index in [1.165, 1.54) is 28.8 Å². The number of hydrogen-bond acceptors (Lipinski definition) is 3. The molecule has 0 aromatic carbocycles. The summed E-state index contributed by atoms with van der Waals surface area (Å²) in [6, 6.07) is -0.404. The standard InChI is InChI=1S/C15H24N2OS/c1-9(2)8-12(16)14(18)17-15-10(3)11-6-4-5-7-13(11)19-15/h9,12H,4-8,16H2,1-3H3,(H,17,18)/t12-/m0/s1. The first-order chi connectivity index (χ1) is 8.99. The first kappa shape index (κ1) is 14.5. The zero-order chi connectivity index (χ0) is 14.0. The molecule has 0 bridgehead atoms. The third-order valence-corrected chi connectivity index (χ3v) is 5.04. The number of nitrogens with one attached hydrogen (secondary N) is 1. The van der Waals surface area contributed by atoms with Gasteiger partial charge in [-0.05, 0) is 56.1 Å². The van der Waals surface area contributed by atoms with Crippen LogP contribution in [0.25, 0.3) is 0 Å². The number of nitrogens with two attached hydrogens (primary N) is 1. The first-order valence-electron chi connectivity index (χ1n) is 7.16. The molecule has 0 saturated heterocycles. The molecule has 0 spiro atoms. The molecular weight excluding hydrogens is 256 g/mol. The SMILES string of the molecule is Cc1c(NC(=O)[C@@H](N)CC(C)C)sc2c1CCCC2. The predicted octanol–water partition coefficient (Wildman–Crippen LogP) is 3.25. The van der Waals surface area contributed by atoms with Gasteiger partial charge in [-0.2, -0.15) is 0 Å². The minimum Gasteiger partial charge on any atom is -0.320 e. The van der Waals surface area contributed by atoms with Crippen molar-refractivity contribution in [2.45, 2.75) is 58.9 Å². The lowest BCUT2D eigenvalue weighted by atomic mass is 9.96. The molecule has 106 valence electrons. The highest BCUT2D eigenvalue weighted by molar-refractivity contribution is 7.16. The van der Waals surface area contributed by atoms with Crippen LogP contribution in [0.15, 0.2) is 0 Å². The largest absolute Gasteiger partial charge is 0.320 e. The molecule has 1 aliphatic rings. The molecule has 1 atom stereocenters. The average molecular weight is 280 g/mol. The van der Waals surface area contributed by atoms with Crippen molar-refractivity contribution in [2.24, 2.45) is 11.7 Å². The van der Waals surface area contributed by atoms with Gasteiger partial charge in [0.05, 0.1) is 11.0 Å². The van der Waals surface area contributed by atoms with Crippen molar-refractivity contribution in [1.29, 1.82) is 0 Å². The predicted molar refractivity (Wildman–Crippen MR) is 81.8 cm³/mol. The van der Waals surface area contributed by atoms with Crippen LogP contribution in [0.1, 0.15) is 49.1 Å². The Balaban J connectivity index is 2.07. The van der Waals surface area contributed by atoms with E-state index in [9.17, 15) is 4.79 Å². The number of amides is 1. The van der Waals surface area contributed by atoms with Crippen molar-refractivity contribution in [2.75, 3.05) is 5.32 Å². The van der Waals surface area contributed by atoms with Crippen molar-refractivity contribution in [3.63, 3.8) is 0 Å². The third-order valence-electron chi connectivity index (χ3n) is 3.73. The summed E-state index contributed by atoms with van der Waals surface area (Å²) >= 11 is 1.74. The highest BCUT2D eigenvalue weighted by Crippen LogP contribution is 2.37. The van der Waals surface area contributed by atoms with E-state index in [0.717, 1.165) is 24.3 Å². The Morgan fingerprint density at radius 1 is 1.37 bits per heavy atom. The molecule has 0 aliphatic heterocycles. The number of carbonyl (C=O) groups is 1. The lowest BCUT2D eigenvalue weighted by Gasteiger charge is -2.14. The summed E-state index contributed by atoms with van der Waals surface area (Å²) in [5, 5.41) is 4.04. The number of rotatable bonds is 4. The highest BCUT2D eigenvalue weighted by atomic mass is 32.1. The molecule has 0 unspecified atom stereocenters. The van der Waals surface area contributed by atoms with Gasteiger partial charge < -0.3 is 11.1 Å². The van der Waals surface area contributed by atoms with Crippen LogP contribution < -0.4 is 11.1 Å². The van der Waals surface area contributed by atoms with Crippen molar-refractivity contribution >= 4 is 22.2 Å². The van der Waals surface area contributed by atoms with Crippen LogP contribution in [0.4, 0.5) is 5.00 Å². The van der Waals surface area contributed by atoms with Gasteiger partial charge in [-0.25, -0.2) is 0 Å². The summed E-state index contributed by atoms with van der Waals surface area (Å²) in [4.78, 5) is 13.5. The maximum atomic E-state index is 12.1. The Bertz CT molecular complexity index is 465. The van der Waals surface area contributed by atoms with E-state index < -0.39 is 6.04 Å².